The molecule has 0 aliphatic rings. The summed E-state index contributed by atoms with van der Waals surface area (Å²) in [6.07, 6.45) is 0.178. The molecular formula is C7H14O4S. The van der Waals surface area contributed by atoms with Gasteiger partial charge in [-0.2, -0.15) is 0 Å². The average molecular weight is 194 g/mol. The summed E-state index contributed by atoms with van der Waals surface area (Å²) < 4.78 is 25.1. The van der Waals surface area contributed by atoms with E-state index < -0.39 is 10.7 Å². The highest BCUT2D eigenvalue weighted by Gasteiger charge is 2.10. The van der Waals surface area contributed by atoms with Crippen LogP contribution in [-0.2, 0) is 20.2 Å². The van der Waals surface area contributed by atoms with Gasteiger partial charge in [-0.15, -0.1) is 0 Å². The lowest BCUT2D eigenvalue weighted by molar-refractivity contribution is -0.143. The quantitative estimate of drug-likeness (QED) is 0.501. The van der Waals surface area contributed by atoms with Crippen LogP contribution in [0.1, 0.15) is 20.3 Å². The molecule has 0 fully saturated rings. The van der Waals surface area contributed by atoms with Crippen molar-refractivity contribution in [3.8, 4) is 0 Å². The fourth-order valence-electron chi connectivity index (χ4n) is 0.823. The molecule has 1 unspecified atom stereocenters. The van der Waals surface area contributed by atoms with Gasteiger partial charge in [-0.3, -0.25) is 4.79 Å². The van der Waals surface area contributed by atoms with E-state index in [0.717, 1.165) is 0 Å². The van der Waals surface area contributed by atoms with Crippen molar-refractivity contribution in [3.05, 3.63) is 0 Å². The van der Waals surface area contributed by atoms with Crippen molar-refractivity contribution in [3.63, 3.8) is 0 Å². The van der Waals surface area contributed by atoms with E-state index in [1.807, 2.05) is 0 Å². The largest absolute Gasteiger partial charge is 0.466 e. The smallest absolute Gasteiger partial charge is 0.306 e. The van der Waals surface area contributed by atoms with Crippen molar-refractivity contribution < 1.29 is 17.9 Å². The number of ether oxygens (including phenoxy) is 1. The summed E-state index contributed by atoms with van der Waals surface area (Å²) in [4.78, 5) is 10.8. The molecule has 0 aliphatic heterocycles. The third kappa shape index (κ3) is 6.15. The van der Waals surface area contributed by atoms with E-state index in [4.69, 9.17) is 0 Å². The Hall–Kier alpha value is -0.580. The third-order valence-corrected chi connectivity index (χ3v) is 2.20. The van der Waals surface area contributed by atoms with Crippen molar-refractivity contribution in [1.29, 1.82) is 0 Å². The zero-order chi connectivity index (χ0) is 9.56. The molecule has 4 nitrogen and oxygen atoms in total. The van der Waals surface area contributed by atoms with Crippen molar-refractivity contribution >= 4 is 16.7 Å². The molecule has 5 heteroatoms. The van der Waals surface area contributed by atoms with Crippen molar-refractivity contribution in [2.45, 2.75) is 20.3 Å². The number of thiol groups is 1. The van der Waals surface area contributed by atoms with Crippen LogP contribution in [0.4, 0.5) is 0 Å². The maximum absolute atomic E-state index is 10.8. The minimum absolute atomic E-state index is 0.0497. The maximum Gasteiger partial charge on any atom is 0.306 e. The van der Waals surface area contributed by atoms with Crippen molar-refractivity contribution in [1.82, 2.24) is 0 Å². The molecule has 0 aromatic rings. The van der Waals surface area contributed by atoms with Gasteiger partial charge in [-0.1, -0.05) is 6.92 Å². The molecule has 0 aromatic carbocycles. The van der Waals surface area contributed by atoms with Crippen LogP contribution in [0, 0.1) is 5.92 Å². The van der Waals surface area contributed by atoms with E-state index in [1.165, 1.54) is 0 Å². The Balaban J connectivity index is 3.68. The summed E-state index contributed by atoms with van der Waals surface area (Å²) in [5, 5.41) is 0. The fourth-order valence-corrected chi connectivity index (χ4v) is 1.46. The van der Waals surface area contributed by atoms with Crippen LogP contribution in [0.5, 0.6) is 0 Å². The molecule has 0 N–H and O–H groups in total. The van der Waals surface area contributed by atoms with Gasteiger partial charge in [0, 0.05) is 6.42 Å². The molecule has 0 amide bonds. The van der Waals surface area contributed by atoms with E-state index in [9.17, 15) is 13.2 Å². The number of carbonyl (C=O) groups is 1. The minimum atomic E-state index is -2.39. The number of esters is 1. The van der Waals surface area contributed by atoms with Gasteiger partial charge in [0.05, 0.1) is 12.4 Å². The van der Waals surface area contributed by atoms with E-state index in [-0.39, 0.29) is 24.1 Å². The lowest BCUT2D eigenvalue weighted by Crippen LogP contribution is -2.12. The van der Waals surface area contributed by atoms with Crippen LogP contribution in [-0.4, -0.2) is 26.7 Å². The number of carbonyl (C=O) groups excluding carboxylic acids is 1. The molecule has 0 aliphatic carbocycles. The molecule has 1 atom stereocenters. The van der Waals surface area contributed by atoms with E-state index in [1.54, 1.807) is 13.8 Å². The number of rotatable bonds is 5. The molecule has 0 rings (SSSR count). The highest BCUT2D eigenvalue weighted by atomic mass is 32.2. The minimum Gasteiger partial charge on any atom is -0.466 e. The lowest BCUT2D eigenvalue weighted by Gasteiger charge is -2.05. The molecule has 0 spiro atoms. The monoisotopic (exact) mass is 194 g/mol. The second-order valence-corrected chi connectivity index (χ2v) is 3.66. The third-order valence-electron chi connectivity index (χ3n) is 1.28. The SMILES string of the molecule is CCOC(=O)CC(C)C[SH](=O)=O. The van der Waals surface area contributed by atoms with Gasteiger partial charge in [0.25, 0.3) is 0 Å². The molecule has 0 bridgehead atoms. The Morgan fingerprint density at radius 2 is 2.08 bits per heavy atom. The first-order valence-electron chi connectivity index (χ1n) is 3.83. The molecule has 0 aromatic heterocycles. The predicted octanol–water partition coefficient (Wildman–Crippen LogP) is 0.187. The molecule has 0 saturated carbocycles. The normalized spacial score (nSPS) is 12.9. The summed E-state index contributed by atoms with van der Waals surface area (Å²) in [6, 6.07) is 0. The molecule has 0 saturated heterocycles. The van der Waals surface area contributed by atoms with Crippen molar-refractivity contribution in [2.75, 3.05) is 12.4 Å². The van der Waals surface area contributed by atoms with Gasteiger partial charge in [-0.05, 0) is 12.8 Å². The van der Waals surface area contributed by atoms with Crippen LogP contribution >= 0.6 is 0 Å². The second kappa shape index (κ2) is 5.99. The van der Waals surface area contributed by atoms with Gasteiger partial charge in [-0.25, -0.2) is 8.42 Å². The highest BCUT2D eigenvalue weighted by Crippen LogP contribution is 2.03. The number of hydrogen-bond acceptors (Lipinski definition) is 4. The molecule has 72 valence electrons. The molecule has 12 heavy (non-hydrogen) atoms. The Kier molecular flexibility index (Phi) is 5.70. The summed E-state index contributed by atoms with van der Waals surface area (Å²) in [6.45, 7) is 3.77. The van der Waals surface area contributed by atoms with Crippen molar-refractivity contribution in [2.24, 2.45) is 5.92 Å². The first-order valence-corrected chi connectivity index (χ1v) is 5.20. The van der Waals surface area contributed by atoms with E-state index in [2.05, 4.69) is 4.74 Å². The summed E-state index contributed by atoms with van der Waals surface area (Å²) >= 11 is 0. The lowest BCUT2D eigenvalue weighted by atomic mass is 10.1. The average Bonchev–Trinajstić information content (AvgIpc) is 1.84. The Labute approximate surface area is 73.9 Å². The Morgan fingerprint density at radius 1 is 1.50 bits per heavy atom. The molecular weight excluding hydrogens is 180 g/mol. The van der Waals surface area contributed by atoms with Gasteiger partial charge >= 0.3 is 5.97 Å². The van der Waals surface area contributed by atoms with Crippen LogP contribution in [0.2, 0.25) is 0 Å². The van der Waals surface area contributed by atoms with E-state index in [0.29, 0.717) is 6.61 Å². The van der Waals surface area contributed by atoms with E-state index >= 15 is 0 Å². The first-order chi connectivity index (χ1) is 5.56. The highest BCUT2D eigenvalue weighted by molar-refractivity contribution is 7.72. The summed E-state index contributed by atoms with van der Waals surface area (Å²) in [5.74, 6) is -0.430. The fraction of sp³-hybridized carbons (Fsp3) is 0.857. The van der Waals surface area contributed by atoms with Crippen LogP contribution in [0.3, 0.4) is 0 Å². The maximum atomic E-state index is 10.8. The van der Waals surface area contributed by atoms with Crippen LogP contribution in [0.15, 0.2) is 0 Å². The molecule has 0 radical (unpaired) electrons. The molecule has 0 heterocycles. The zero-order valence-corrected chi connectivity index (χ0v) is 8.17. The Morgan fingerprint density at radius 3 is 2.50 bits per heavy atom. The van der Waals surface area contributed by atoms with Gasteiger partial charge < -0.3 is 4.74 Å². The van der Waals surface area contributed by atoms with Gasteiger partial charge in [0.15, 0.2) is 0 Å². The standard InChI is InChI=1S/C7H14O4S/c1-3-11-7(8)4-6(2)5-12(9)10/h6,12H,3-5H2,1-2H3. The van der Waals surface area contributed by atoms with Gasteiger partial charge in [0.2, 0.25) is 0 Å². The number of hydrogen-bond donors (Lipinski definition) is 1. The first kappa shape index (κ1) is 11.4. The van der Waals surface area contributed by atoms with Crippen LogP contribution in [0.25, 0.3) is 0 Å². The second-order valence-electron chi connectivity index (χ2n) is 2.63. The Bertz CT molecular complexity index is 201. The topological polar surface area (TPSA) is 60.4 Å². The van der Waals surface area contributed by atoms with Crippen LogP contribution < -0.4 is 0 Å². The van der Waals surface area contributed by atoms with Gasteiger partial charge in [0.1, 0.15) is 10.7 Å². The zero-order valence-electron chi connectivity index (χ0n) is 7.28. The summed E-state index contributed by atoms with van der Waals surface area (Å²) in [7, 11) is -2.39. The summed E-state index contributed by atoms with van der Waals surface area (Å²) in [5.41, 5.74) is 0. The predicted molar refractivity (Wildman–Crippen MR) is 45.6 cm³/mol.